The molecule has 4 rings (SSSR count). The molecule has 0 spiro atoms. The zero-order chi connectivity index (χ0) is 23.6. The molecule has 1 fully saturated rings. The van der Waals surface area contributed by atoms with Gasteiger partial charge in [-0.15, -0.1) is 0 Å². The van der Waals surface area contributed by atoms with Gasteiger partial charge in [0, 0.05) is 30.6 Å². The molecule has 7 nitrogen and oxygen atoms in total. The maximum absolute atomic E-state index is 12.9. The van der Waals surface area contributed by atoms with E-state index in [4.69, 9.17) is 0 Å². The smallest absolute Gasteiger partial charge is 0.253 e. The Labute approximate surface area is 200 Å². The predicted molar refractivity (Wildman–Crippen MR) is 131 cm³/mol. The fraction of sp³-hybridized carbons (Fsp3) is 0.333. The van der Waals surface area contributed by atoms with Crippen LogP contribution in [0.2, 0.25) is 0 Å². The molecule has 7 heteroatoms. The molecule has 0 aliphatic heterocycles. The van der Waals surface area contributed by atoms with Gasteiger partial charge in [-0.05, 0) is 62.1 Å². The fourth-order valence-corrected chi connectivity index (χ4v) is 4.06. The molecule has 3 aromatic rings. The van der Waals surface area contributed by atoms with Gasteiger partial charge in [-0.3, -0.25) is 19.6 Å². The first-order chi connectivity index (χ1) is 16.7. The summed E-state index contributed by atoms with van der Waals surface area (Å²) in [7, 11) is 0. The van der Waals surface area contributed by atoms with Crippen molar-refractivity contribution in [1.82, 2.24) is 25.9 Å². The number of unbranched alkanes of at least 4 members (excludes halogenated alkanes) is 1. The van der Waals surface area contributed by atoms with Crippen molar-refractivity contribution < 1.29 is 9.59 Å². The van der Waals surface area contributed by atoms with Crippen LogP contribution in [0.3, 0.4) is 0 Å². The van der Waals surface area contributed by atoms with E-state index in [1.165, 1.54) is 18.2 Å². The van der Waals surface area contributed by atoms with E-state index in [2.05, 4.69) is 50.2 Å². The van der Waals surface area contributed by atoms with E-state index in [-0.39, 0.29) is 11.8 Å². The van der Waals surface area contributed by atoms with Gasteiger partial charge in [-0.1, -0.05) is 36.4 Å². The molecule has 1 aliphatic carbocycles. The number of rotatable bonds is 12. The minimum absolute atomic E-state index is 0.206. The first-order valence-corrected chi connectivity index (χ1v) is 11.9. The van der Waals surface area contributed by atoms with Gasteiger partial charge in [-0.2, -0.15) is 0 Å². The van der Waals surface area contributed by atoms with Gasteiger partial charge in [0.15, 0.2) is 0 Å². The second kappa shape index (κ2) is 12.0. The standard InChI is InChI=1S/C27H31N5O2/c33-26(21-11-8-14-28-18-21)32-24(27(34)31-19-22-12-4-6-15-29-22)13-5-7-16-30-25-17-23(25)20-9-2-1-3-10-20/h1-4,6,8-12,14-15,18,23-25,30H,5,7,13,16-17,19H2,(H,31,34)(H,32,33). The maximum atomic E-state index is 12.9. The lowest BCUT2D eigenvalue weighted by Gasteiger charge is -2.18. The Morgan fingerprint density at radius 1 is 0.971 bits per heavy atom. The summed E-state index contributed by atoms with van der Waals surface area (Å²) < 4.78 is 0. The molecular weight excluding hydrogens is 426 g/mol. The van der Waals surface area contributed by atoms with Crippen LogP contribution in [0.15, 0.2) is 79.3 Å². The van der Waals surface area contributed by atoms with Crippen LogP contribution in [0.4, 0.5) is 0 Å². The summed E-state index contributed by atoms with van der Waals surface area (Å²) in [4.78, 5) is 33.7. The Morgan fingerprint density at radius 3 is 2.59 bits per heavy atom. The molecule has 2 heterocycles. The first kappa shape index (κ1) is 23.6. The third kappa shape index (κ3) is 6.96. The van der Waals surface area contributed by atoms with Crippen molar-refractivity contribution >= 4 is 11.8 Å². The number of benzene rings is 1. The molecule has 3 unspecified atom stereocenters. The third-order valence-corrected chi connectivity index (χ3v) is 6.06. The van der Waals surface area contributed by atoms with Crippen molar-refractivity contribution in [3.05, 3.63) is 96.1 Å². The molecule has 1 aromatic carbocycles. The van der Waals surface area contributed by atoms with E-state index in [9.17, 15) is 9.59 Å². The monoisotopic (exact) mass is 457 g/mol. The van der Waals surface area contributed by atoms with Crippen molar-refractivity contribution in [3.8, 4) is 0 Å². The highest BCUT2D eigenvalue weighted by Crippen LogP contribution is 2.40. The molecule has 3 N–H and O–H groups in total. The van der Waals surface area contributed by atoms with Crippen molar-refractivity contribution in [2.24, 2.45) is 0 Å². The summed E-state index contributed by atoms with van der Waals surface area (Å²) in [6, 6.07) is 19.5. The third-order valence-electron chi connectivity index (χ3n) is 6.06. The number of pyridine rings is 2. The molecule has 0 radical (unpaired) electrons. The fourth-order valence-electron chi connectivity index (χ4n) is 4.06. The highest BCUT2D eigenvalue weighted by Gasteiger charge is 2.37. The van der Waals surface area contributed by atoms with E-state index in [1.807, 2.05) is 24.3 Å². The van der Waals surface area contributed by atoms with E-state index >= 15 is 0 Å². The molecule has 1 aliphatic rings. The van der Waals surface area contributed by atoms with Crippen molar-refractivity contribution in [2.45, 2.75) is 50.2 Å². The van der Waals surface area contributed by atoms with E-state index in [0.29, 0.717) is 30.5 Å². The van der Waals surface area contributed by atoms with Crippen LogP contribution in [0.5, 0.6) is 0 Å². The SMILES string of the molecule is O=C(NC(CCCCNC1CC1c1ccccc1)C(=O)NCc1ccccn1)c1cccnc1. The van der Waals surface area contributed by atoms with Crippen LogP contribution in [0.25, 0.3) is 0 Å². The van der Waals surface area contributed by atoms with Crippen LogP contribution in [0.1, 0.15) is 53.2 Å². The molecule has 176 valence electrons. The second-order valence-electron chi connectivity index (χ2n) is 8.62. The van der Waals surface area contributed by atoms with Crippen LogP contribution < -0.4 is 16.0 Å². The quantitative estimate of drug-likeness (QED) is 0.363. The Bertz CT molecular complexity index is 1050. The second-order valence-corrected chi connectivity index (χ2v) is 8.62. The number of carbonyl (C=O) groups excluding carboxylic acids is 2. The van der Waals surface area contributed by atoms with Gasteiger partial charge >= 0.3 is 0 Å². The number of amides is 2. The molecular formula is C27H31N5O2. The largest absolute Gasteiger partial charge is 0.349 e. The molecule has 2 aromatic heterocycles. The number of aromatic nitrogens is 2. The van der Waals surface area contributed by atoms with E-state index in [1.54, 1.807) is 24.5 Å². The molecule has 0 bridgehead atoms. The summed E-state index contributed by atoms with van der Waals surface area (Å²) in [6.45, 7) is 1.22. The maximum Gasteiger partial charge on any atom is 0.253 e. The summed E-state index contributed by atoms with van der Waals surface area (Å²) >= 11 is 0. The number of nitrogens with zero attached hydrogens (tertiary/aromatic N) is 2. The van der Waals surface area contributed by atoms with Crippen LogP contribution in [0, 0.1) is 0 Å². The lowest BCUT2D eigenvalue weighted by atomic mass is 10.1. The molecule has 2 amide bonds. The van der Waals surface area contributed by atoms with Crippen molar-refractivity contribution in [1.29, 1.82) is 0 Å². The minimum Gasteiger partial charge on any atom is -0.349 e. The number of hydrogen-bond donors (Lipinski definition) is 3. The normalized spacial score (nSPS) is 17.5. The highest BCUT2D eigenvalue weighted by atomic mass is 16.2. The predicted octanol–water partition coefficient (Wildman–Crippen LogP) is 3.21. The number of carbonyl (C=O) groups is 2. The zero-order valence-electron chi connectivity index (χ0n) is 19.2. The summed E-state index contributed by atoms with van der Waals surface area (Å²) in [5, 5.41) is 9.40. The lowest BCUT2D eigenvalue weighted by Crippen LogP contribution is -2.46. The average Bonchev–Trinajstić information content (AvgIpc) is 3.67. The van der Waals surface area contributed by atoms with Gasteiger partial charge < -0.3 is 16.0 Å². The lowest BCUT2D eigenvalue weighted by molar-refractivity contribution is -0.123. The van der Waals surface area contributed by atoms with Gasteiger partial charge in [-0.25, -0.2) is 0 Å². The van der Waals surface area contributed by atoms with Crippen LogP contribution >= 0.6 is 0 Å². The van der Waals surface area contributed by atoms with Crippen molar-refractivity contribution in [2.75, 3.05) is 6.54 Å². The van der Waals surface area contributed by atoms with Crippen LogP contribution in [-0.4, -0.2) is 40.4 Å². The first-order valence-electron chi connectivity index (χ1n) is 11.9. The average molecular weight is 458 g/mol. The highest BCUT2D eigenvalue weighted by molar-refractivity contribution is 5.97. The van der Waals surface area contributed by atoms with Gasteiger partial charge in [0.2, 0.25) is 5.91 Å². The zero-order valence-corrected chi connectivity index (χ0v) is 19.2. The summed E-state index contributed by atoms with van der Waals surface area (Å²) in [5.41, 5.74) is 2.60. The van der Waals surface area contributed by atoms with Gasteiger partial charge in [0.05, 0.1) is 17.8 Å². The molecule has 1 saturated carbocycles. The Balaban J connectivity index is 1.24. The Hall–Kier alpha value is -3.58. The van der Waals surface area contributed by atoms with E-state index < -0.39 is 6.04 Å². The molecule has 3 atom stereocenters. The molecule has 34 heavy (non-hydrogen) atoms. The topological polar surface area (TPSA) is 96.0 Å². The minimum atomic E-state index is -0.616. The van der Waals surface area contributed by atoms with Gasteiger partial charge in [0.1, 0.15) is 6.04 Å². The number of hydrogen-bond acceptors (Lipinski definition) is 5. The van der Waals surface area contributed by atoms with E-state index in [0.717, 1.165) is 25.1 Å². The van der Waals surface area contributed by atoms with Gasteiger partial charge in [0.25, 0.3) is 5.91 Å². The molecule has 0 saturated heterocycles. The Kier molecular flexibility index (Phi) is 8.35. The summed E-state index contributed by atoms with van der Waals surface area (Å²) in [5.74, 6) is 0.0974. The summed E-state index contributed by atoms with van der Waals surface area (Å²) in [6.07, 6.45) is 8.30. The Morgan fingerprint density at radius 2 is 1.82 bits per heavy atom. The van der Waals surface area contributed by atoms with Crippen LogP contribution in [-0.2, 0) is 11.3 Å². The van der Waals surface area contributed by atoms with Crippen molar-refractivity contribution in [3.63, 3.8) is 0 Å². The number of nitrogens with one attached hydrogen (secondary N) is 3.